The molecular weight excluding hydrogens is 288 g/mol. The number of ketones is 2. The zero-order valence-corrected chi connectivity index (χ0v) is 13.2. The van der Waals surface area contributed by atoms with E-state index in [1.807, 2.05) is 0 Å². The lowest BCUT2D eigenvalue weighted by atomic mass is 9.79. The summed E-state index contributed by atoms with van der Waals surface area (Å²) in [4.78, 5) is 23.4. The van der Waals surface area contributed by atoms with E-state index in [4.69, 9.17) is 0 Å². The Morgan fingerprint density at radius 1 is 1.14 bits per heavy atom. The van der Waals surface area contributed by atoms with Crippen LogP contribution in [0, 0.1) is 5.41 Å². The van der Waals surface area contributed by atoms with Crippen LogP contribution in [0.5, 0.6) is 0 Å². The molecule has 0 fully saturated rings. The van der Waals surface area contributed by atoms with Crippen molar-refractivity contribution in [2.75, 3.05) is 0 Å². The topological polar surface area (TPSA) is 68.3 Å². The zero-order valence-electron chi connectivity index (χ0n) is 12.3. The summed E-state index contributed by atoms with van der Waals surface area (Å²) in [7, 11) is -3.81. The van der Waals surface area contributed by atoms with Crippen molar-refractivity contribution in [3.05, 3.63) is 47.5 Å². The molecule has 0 amide bonds. The van der Waals surface area contributed by atoms with Gasteiger partial charge in [-0.25, -0.2) is 8.42 Å². The Labute approximate surface area is 125 Å². The lowest BCUT2D eigenvalue weighted by Crippen LogP contribution is -2.34. The van der Waals surface area contributed by atoms with Crippen molar-refractivity contribution in [1.29, 1.82) is 0 Å². The molecule has 4 nitrogen and oxygen atoms in total. The smallest absolute Gasteiger partial charge is 0.210 e. The summed E-state index contributed by atoms with van der Waals surface area (Å²) in [5, 5.41) is 0. The molecule has 0 heterocycles. The van der Waals surface area contributed by atoms with E-state index in [1.54, 1.807) is 18.2 Å². The highest BCUT2D eigenvalue weighted by atomic mass is 32.2. The molecule has 0 saturated heterocycles. The fraction of sp³-hybridized carbons (Fsp3) is 0.312. The molecule has 1 rings (SSSR count). The van der Waals surface area contributed by atoms with Gasteiger partial charge in [-0.15, -0.1) is 5.73 Å². The van der Waals surface area contributed by atoms with Crippen LogP contribution < -0.4 is 0 Å². The molecule has 0 aliphatic heterocycles. The molecule has 1 aromatic carbocycles. The Kier molecular flexibility index (Phi) is 5.05. The molecular formula is C16H18O4S. The maximum absolute atomic E-state index is 12.5. The second kappa shape index (κ2) is 6.20. The van der Waals surface area contributed by atoms with Gasteiger partial charge in [-0.05, 0) is 32.9 Å². The molecule has 0 bridgehead atoms. The number of allylic oxidation sites excluding steroid dienone is 1. The van der Waals surface area contributed by atoms with Gasteiger partial charge in [0.2, 0.25) is 9.84 Å². The van der Waals surface area contributed by atoms with E-state index in [9.17, 15) is 18.0 Å². The molecule has 0 N–H and O–H groups in total. The maximum atomic E-state index is 12.5. The Morgan fingerprint density at radius 3 is 2.00 bits per heavy atom. The van der Waals surface area contributed by atoms with Gasteiger partial charge in [0.15, 0.2) is 0 Å². The lowest BCUT2D eigenvalue weighted by molar-refractivity contribution is -0.137. The molecule has 0 atom stereocenters. The molecule has 0 aromatic heterocycles. The molecule has 21 heavy (non-hydrogen) atoms. The molecule has 0 aliphatic carbocycles. The van der Waals surface area contributed by atoms with Crippen molar-refractivity contribution in [3.63, 3.8) is 0 Å². The van der Waals surface area contributed by atoms with Crippen LogP contribution in [0.4, 0.5) is 0 Å². The highest BCUT2D eigenvalue weighted by Crippen LogP contribution is 2.32. The van der Waals surface area contributed by atoms with Crippen molar-refractivity contribution in [2.24, 2.45) is 5.41 Å². The molecule has 0 aliphatic rings. The maximum Gasteiger partial charge on any atom is 0.210 e. The third-order valence-electron chi connectivity index (χ3n) is 3.64. The second-order valence-electron chi connectivity index (χ2n) is 5.04. The van der Waals surface area contributed by atoms with Crippen molar-refractivity contribution < 1.29 is 18.0 Å². The first-order chi connectivity index (χ1) is 9.66. The van der Waals surface area contributed by atoms with E-state index >= 15 is 0 Å². The molecule has 0 spiro atoms. The quantitative estimate of drug-likeness (QED) is 0.598. The van der Waals surface area contributed by atoms with Crippen LogP contribution >= 0.6 is 0 Å². The summed E-state index contributed by atoms with van der Waals surface area (Å²) in [5.74, 6) is -0.767. The van der Waals surface area contributed by atoms with Crippen molar-refractivity contribution >= 4 is 21.4 Å². The van der Waals surface area contributed by atoms with E-state index in [2.05, 4.69) is 12.3 Å². The molecule has 5 heteroatoms. The van der Waals surface area contributed by atoms with Gasteiger partial charge in [-0.3, -0.25) is 9.59 Å². The highest BCUT2D eigenvalue weighted by Gasteiger charge is 2.39. The van der Waals surface area contributed by atoms with Crippen molar-refractivity contribution in [2.45, 2.75) is 32.1 Å². The minimum absolute atomic E-state index is 0.0885. The van der Waals surface area contributed by atoms with Crippen LogP contribution in [-0.2, 0) is 19.4 Å². The zero-order chi connectivity index (χ0) is 16.3. The van der Waals surface area contributed by atoms with Gasteiger partial charge in [-0.2, -0.15) is 0 Å². The van der Waals surface area contributed by atoms with Gasteiger partial charge < -0.3 is 0 Å². The summed E-state index contributed by atoms with van der Waals surface area (Å²) in [6.07, 6.45) is -0.238. The number of carbonyl (C=O) groups is 2. The van der Waals surface area contributed by atoms with Crippen LogP contribution in [0.1, 0.15) is 27.2 Å². The van der Waals surface area contributed by atoms with Gasteiger partial charge in [-0.1, -0.05) is 24.8 Å². The summed E-state index contributed by atoms with van der Waals surface area (Å²) in [5.41, 5.74) is 0.993. The van der Waals surface area contributed by atoms with E-state index in [1.165, 1.54) is 32.9 Å². The largest absolute Gasteiger partial charge is 0.299 e. The first kappa shape index (κ1) is 17.1. The predicted octanol–water partition coefficient (Wildman–Crippen LogP) is 2.70. The van der Waals surface area contributed by atoms with Gasteiger partial charge >= 0.3 is 0 Å². The molecule has 0 saturated carbocycles. The molecule has 0 radical (unpaired) electrons. The minimum Gasteiger partial charge on any atom is -0.299 e. The first-order valence-electron chi connectivity index (χ1n) is 6.37. The molecule has 0 unspecified atom stereocenters. The third-order valence-corrected chi connectivity index (χ3v) is 5.47. The van der Waals surface area contributed by atoms with E-state index in [0.29, 0.717) is 0 Å². The van der Waals surface area contributed by atoms with Crippen LogP contribution in [0.2, 0.25) is 0 Å². The number of Topliss-reactive ketones (excluding diaryl/α,β-unsaturated/α-hetero) is 2. The van der Waals surface area contributed by atoms with Crippen LogP contribution in [0.15, 0.2) is 52.4 Å². The van der Waals surface area contributed by atoms with Crippen molar-refractivity contribution in [3.8, 4) is 0 Å². The van der Waals surface area contributed by atoms with E-state index in [0.717, 1.165) is 0 Å². The number of rotatable bonds is 6. The lowest BCUT2D eigenvalue weighted by Gasteiger charge is -2.24. The standard InChI is InChI=1S/C16H18O4S/c1-5-14(11-16(4,12(2)17)13(3)18)21(19,20)15-9-7-6-8-10-15/h6-10H,1,11H2,2-4H3. The Morgan fingerprint density at radius 2 is 1.62 bits per heavy atom. The summed E-state index contributed by atoms with van der Waals surface area (Å²) in [6.45, 7) is 7.38. The van der Waals surface area contributed by atoms with Gasteiger partial charge in [0.05, 0.1) is 15.2 Å². The van der Waals surface area contributed by atoms with Gasteiger partial charge in [0.1, 0.15) is 11.6 Å². The van der Waals surface area contributed by atoms with E-state index in [-0.39, 0.29) is 27.8 Å². The SMILES string of the molecule is C=C=C(CC(C)(C(C)=O)C(C)=O)S(=O)(=O)c1ccccc1. The number of hydrogen-bond acceptors (Lipinski definition) is 4. The number of benzene rings is 1. The number of sulfone groups is 1. The minimum atomic E-state index is -3.81. The Balaban J connectivity index is 3.32. The molecule has 1 aromatic rings. The summed E-state index contributed by atoms with van der Waals surface area (Å²) in [6, 6.07) is 7.80. The number of hydrogen-bond donors (Lipinski definition) is 0. The van der Waals surface area contributed by atoms with Crippen LogP contribution in [0.25, 0.3) is 0 Å². The van der Waals surface area contributed by atoms with Gasteiger partial charge in [0.25, 0.3) is 0 Å². The summed E-state index contributed by atoms with van der Waals surface area (Å²) >= 11 is 0. The summed E-state index contributed by atoms with van der Waals surface area (Å²) < 4.78 is 25.0. The fourth-order valence-electron chi connectivity index (χ4n) is 1.81. The molecule has 112 valence electrons. The van der Waals surface area contributed by atoms with E-state index < -0.39 is 15.3 Å². The number of carbonyl (C=O) groups excluding carboxylic acids is 2. The second-order valence-corrected chi connectivity index (χ2v) is 7.01. The fourth-order valence-corrected chi connectivity index (χ4v) is 3.28. The Bertz CT molecular complexity index is 694. The highest BCUT2D eigenvalue weighted by molar-refractivity contribution is 7.95. The first-order valence-corrected chi connectivity index (χ1v) is 7.85. The predicted molar refractivity (Wildman–Crippen MR) is 80.4 cm³/mol. The van der Waals surface area contributed by atoms with Crippen molar-refractivity contribution in [1.82, 2.24) is 0 Å². The van der Waals surface area contributed by atoms with Gasteiger partial charge in [0, 0.05) is 6.42 Å². The average molecular weight is 306 g/mol. The third kappa shape index (κ3) is 3.38. The average Bonchev–Trinajstić information content (AvgIpc) is 2.44. The van der Waals surface area contributed by atoms with Crippen LogP contribution in [-0.4, -0.2) is 20.0 Å². The normalized spacial score (nSPS) is 11.6. The monoisotopic (exact) mass is 306 g/mol. The van der Waals surface area contributed by atoms with Crippen LogP contribution in [0.3, 0.4) is 0 Å². The Hall–Kier alpha value is -1.97.